The number of benzene rings is 2. The van der Waals surface area contributed by atoms with E-state index in [1.54, 1.807) is 37.5 Å². The van der Waals surface area contributed by atoms with Crippen molar-refractivity contribution < 1.29 is 34.3 Å². The van der Waals surface area contributed by atoms with Crippen molar-refractivity contribution in [3.8, 4) is 28.7 Å². The van der Waals surface area contributed by atoms with E-state index in [4.69, 9.17) is 24.1 Å². The van der Waals surface area contributed by atoms with Gasteiger partial charge in [-0.1, -0.05) is 12.2 Å². The molecule has 3 N–H and O–H groups in total. The monoisotopic (exact) mass is 388 g/mol. The van der Waals surface area contributed by atoms with Crippen LogP contribution in [0.2, 0.25) is 0 Å². The molecular weight excluding hydrogens is 364 g/mol. The van der Waals surface area contributed by atoms with Crippen LogP contribution in [0.5, 0.6) is 28.7 Å². The molecular formula is C21H24O7. The number of hydrogen-bond donors (Lipinski definition) is 3. The van der Waals surface area contributed by atoms with E-state index in [2.05, 4.69) is 0 Å². The van der Waals surface area contributed by atoms with Gasteiger partial charge in [0.25, 0.3) is 0 Å². The van der Waals surface area contributed by atoms with Crippen molar-refractivity contribution >= 4 is 6.08 Å². The van der Waals surface area contributed by atoms with Gasteiger partial charge in [0.05, 0.1) is 40.5 Å². The average molecular weight is 388 g/mol. The number of rotatable bonds is 7. The molecule has 7 nitrogen and oxygen atoms in total. The summed E-state index contributed by atoms with van der Waals surface area (Å²) in [4.78, 5) is 0. The minimum atomic E-state index is -0.519. The maximum Gasteiger partial charge on any atom is 0.200 e. The molecule has 0 unspecified atom stereocenters. The number of fused-ring (bicyclic) bond motifs is 1. The Morgan fingerprint density at radius 3 is 2.14 bits per heavy atom. The fourth-order valence-electron chi connectivity index (χ4n) is 3.43. The summed E-state index contributed by atoms with van der Waals surface area (Å²) in [6.07, 6.45) is 2.88. The first-order valence-electron chi connectivity index (χ1n) is 8.79. The van der Waals surface area contributed by atoms with Gasteiger partial charge in [-0.25, -0.2) is 0 Å². The summed E-state index contributed by atoms with van der Waals surface area (Å²) < 4.78 is 22.1. The Labute approximate surface area is 163 Å². The van der Waals surface area contributed by atoms with Crippen LogP contribution in [0.4, 0.5) is 0 Å². The molecule has 2 atom stereocenters. The fourth-order valence-corrected chi connectivity index (χ4v) is 3.43. The molecule has 0 saturated carbocycles. The maximum absolute atomic E-state index is 10.2. The SMILES string of the molecule is COc1cc([C@@H]2Oc3c(OC)cc(C=CCO)cc3[C@H]2CO)cc(OC)c1O. The van der Waals surface area contributed by atoms with E-state index in [9.17, 15) is 10.2 Å². The molecule has 0 saturated heterocycles. The van der Waals surface area contributed by atoms with Gasteiger partial charge < -0.3 is 34.3 Å². The zero-order chi connectivity index (χ0) is 20.3. The Kier molecular flexibility index (Phi) is 5.96. The van der Waals surface area contributed by atoms with E-state index in [-0.39, 0.29) is 36.4 Å². The number of methoxy groups -OCH3 is 3. The number of phenolic OH excluding ortho intramolecular Hbond substituents is 1. The summed E-state index contributed by atoms with van der Waals surface area (Å²) in [5.74, 6) is 1.14. The Balaban J connectivity index is 2.09. The van der Waals surface area contributed by atoms with Crippen molar-refractivity contribution in [2.75, 3.05) is 34.5 Å². The van der Waals surface area contributed by atoms with Crippen LogP contribution in [0.25, 0.3) is 6.08 Å². The van der Waals surface area contributed by atoms with Gasteiger partial charge in [0.1, 0.15) is 6.10 Å². The topological polar surface area (TPSA) is 97.6 Å². The van der Waals surface area contributed by atoms with Gasteiger partial charge in [0.15, 0.2) is 23.0 Å². The van der Waals surface area contributed by atoms with Gasteiger partial charge >= 0.3 is 0 Å². The molecule has 0 fully saturated rings. The number of aliphatic hydroxyl groups is 2. The van der Waals surface area contributed by atoms with Gasteiger partial charge in [-0.3, -0.25) is 0 Å². The van der Waals surface area contributed by atoms with E-state index < -0.39 is 6.10 Å². The van der Waals surface area contributed by atoms with Crippen LogP contribution >= 0.6 is 0 Å². The molecule has 0 radical (unpaired) electrons. The lowest BCUT2D eigenvalue weighted by molar-refractivity contribution is 0.156. The standard InChI is InChI=1S/C21H24O7/c1-25-16-9-13(10-17(26-2)19(16)24)20-15(11-23)14-7-12(5-4-6-22)8-18(27-3)21(14)28-20/h4-5,7-10,15,20,22-24H,6,11H2,1-3H3/t15-,20+/m1/s1. The van der Waals surface area contributed by atoms with Crippen LogP contribution in [-0.4, -0.2) is 49.9 Å². The second-order valence-electron chi connectivity index (χ2n) is 6.33. The lowest BCUT2D eigenvalue weighted by Crippen LogP contribution is -2.13. The molecule has 0 bridgehead atoms. The number of ether oxygens (including phenoxy) is 4. The van der Waals surface area contributed by atoms with Crippen LogP contribution in [0.15, 0.2) is 30.3 Å². The summed E-state index contributed by atoms with van der Waals surface area (Å²) in [7, 11) is 4.45. The van der Waals surface area contributed by atoms with Crippen molar-refractivity contribution in [1.29, 1.82) is 0 Å². The third-order valence-corrected chi connectivity index (χ3v) is 4.78. The highest BCUT2D eigenvalue weighted by atomic mass is 16.5. The molecule has 1 aliphatic heterocycles. The highest BCUT2D eigenvalue weighted by molar-refractivity contribution is 5.63. The normalized spacial score (nSPS) is 18.0. The Bertz CT molecular complexity index is 850. The maximum atomic E-state index is 10.2. The van der Waals surface area contributed by atoms with Gasteiger partial charge in [-0.15, -0.1) is 0 Å². The predicted octanol–water partition coefficient (Wildman–Crippen LogP) is 2.63. The third kappa shape index (κ3) is 3.46. The second-order valence-corrected chi connectivity index (χ2v) is 6.33. The smallest absolute Gasteiger partial charge is 0.200 e. The van der Waals surface area contributed by atoms with Gasteiger partial charge in [0, 0.05) is 11.1 Å². The molecule has 150 valence electrons. The molecule has 1 heterocycles. The van der Waals surface area contributed by atoms with Crippen molar-refractivity contribution in [3.05, 3.63) is 47.0 Å². The molecule has 0 aliphatic carbocycles. The fraction of sp³-hybridized carbons (Fsp3) is 0.333. The molecule has 2 aromatic carbocycles. The quantitative estimate of drug-likeness (QED) is 0.671. The van der Waals surface area contributed by atoms with Crippen LogP contribution in [0.1, 0.15) is 28.7 Å². The molecule has 0 amide bonds. The number of hydrogen-bond acceptors (Lipinski definition) is 7. The zero-order valence-corrected chi connectivity index (χ0v) is 16.0. The number of phenols is 1. The molecule has 28 heavy (non-hydrogen) atoms. The Morgan fingerprint density at radius 2 is 1.61 bits per heavy atom. The van der Waals surface area contributed by atoms with Crippen molar-refractivity contribution in [1.82, 2.24) is 0 Å². The Hall–Kier alpha value is -2.90. The first-order chi connectivity index (χ1) is 13.6. The van der Waals surface area contributed by atoms with Crippen LogP contribution in [-0.2, 0) is 0 Å². The van der Waals surface area contributed by atoms with Gasteiger partial charge in [0.2, 0.25) is 5.75 Å². The number of aromatic hydroxyl groups is 1. The van der Waals surface area contributed by atoms with E-state index in [1.807, 2.05) is 6.07 Å². The second kappa shape index (κ2) is 8.41. The summed E-state index contributed by atoms with van der Waals surface area (Å²) in [5.41, 5.74) is 2.32. The molecule has 0 spiro atoms. The van der Waals surface area contributed by atoms with Crippen molar-refractivity contribution in [2.24, 2.45) is 0 Å². The first kappa shape index (κ1) is 19.9. The molecule has 3 rings (SSSR count). The van der Waals surface area contributed by atoms with E-state index in [0.717, 1.165) is 11.1 Å². The highest BCUT2D eigenvalue weighted by Crippen LogP contribution is 2.52. The van der Waals surface area contributed by atoms with Crippen molar-refractivity contribution in [3.63, 3.8) is 0 Å². The molecule has 2 aromatic rings. The van der Waals surface area contributed by atoms with Crippen LogP contribution < -0.4 is 18.9 Å². The number of aliphatic hydroxyl groups excluding tert-OH is 2. The highest BCUT2D eigenvalue weighted by Gasteiger charge is 2.38. The third-order valence-electron chi connectivity index (χ3n) is 4.78. The molecule has 7 heteroatoms. The van der Waals surface area contributed by atoms with Crippen molar-refractivity contribution in [2.45, 2.75) is 12.0 Å². The lowest BCUT2D eigenvalue weighted by atomic mass is 9.90. The zero-order valence-electron chi connectivity index (χ0n) is 16.0. The minimum Gasteiger partial charge on any atom is -0.502 e. The Morgan fingerprint density at radius 1 is 0.964 bits per heavy atom. The summed E-state index contributed by atoms with van der Waals surface area (Å²) in [5, 5.41) is 29.3. The van der Waals surface area contributed by atoms with Crippen LogP contribution in [0.3, 0.4) is 0 Å². The summed E-state index contributed by atoms with van der Waals surface area (Å²) in [6.45, 7) is -0.228. The summed E-state index contributed by atoms with van der Waals surface area (Å²) in [6, 6.07) is 7.03. The van der Waals surface area contributed by atoms with Crippen LogP contribution in [0, 0.1) is 0 Å². The molecule has 0 aromatic heterocycles. The van der Waals surface area contributed by atoms with Gasteiger partial charge in [-0.2, -0.15) is 0 Å². The predicted molar refractivity (Wildman–Crippen MR) is 104 cm³/mol. The largest absolute Gasteiger partial charge is 0.502 e. The lowest BCUT2D eigenvalue weighted by Gasteiger charge is -2.20. The van der Waals surface area contributed by atoms with E-state index in [1.165, 1.54) is 14.2 Å². The van der Waals surface area contributed by atoms with E-state index in [0.29, 0.717) is 17.1 Å². The van der Waals surface area contributed by atoms with E-state index >= 15 is 0 Å². The summed E-state index contributed by atoms with van der Waals surface area (Å²) >= 11 is 0. The average Bonchev–Trinajstić information content (AvgIpc) is 3.10. The minimum absolute atomic E-state index is 0.0744. The first-order valence-corrected chi connectivity index (χ1v) is 8.79. The molecule has 1 aliphatic rings. The van der Waals surface area contributed by atoms with Gasteiger partial charge in [-0.05, 0) is 29.8 Å².